The minimum absolute atomic E-state index is 0.223. The lowest BCUT2D eigenvalue weighted by Crippen LogP contribution is -2.39. The molecule has 2 heterocycles. The van der Waals surface area contributed by atoms with Crippen molar-refractivity contribution in [3.8, 4) is 0 Å². The Labute approximate surface area is 176 Å². The molecule has 7 nitrogen and oxygen atoms in total. The second-order valence-corrected chi connectivity index (χ2v) is 8.09. The van der Waals surface area contributed by atoms with Gasteiger partial charge < -0.3 is 10.2 Å². The number of amides is 4. The largest absolute Gasteiger partial charge is 0.358 e. The van der Waals surface area contributed by atoms with Crippen LogP contribution in [0, 0.1) is 0 Å². The molecule has 2 fully saturated rings. The molecule has 0 radical (unpaired) electrons. The van der Waals surface area contributed by atoms with Crippen molar-refractivity contribution in [3.63, 3.8) is 0 Å². The molecule has 28 heavy (non-hydrogen) atoms. The molecule has 1 N–H and O–H groups in total. The third-order valence-corrected chi connectivity index (χ3v) is 6.19. The van der Waals surface area contributed by atoms with Gasteiger partial charge in [0, 0.05) is 25.2 Å². The summed E-state index contributed by atoms with van der Waals surface area (Å²) >= 11 is 12.9. The van der Waals surface area contributed by atoms with Gasteiger partial charge in [0.25, 0.3) is 17.1 Å². The van der Waals surface area contributed by atoms with E-state index in [0.29, 0.717) is 46.4 Å². The number of rotatable bonds is 3. The van der Waals surface area contributed by atoms with Gasteiger partial charge in [0.2, 0.25) is 5.91 Å². The molecule has 0 aromatic heterocycles. The van der Waals surface area contributed by atoms with Crippen LogP contribution in [-0.4, -0.2) is 59.4 Å². The van der Waals surface area contributed by atoms with Gasteiger partial charge in [-0.25, -0.2) is 0 Å². The fraction of sp³-hybridized carbons (Fsp3) is 0.333. The molecule has 2 aliphatic heterocycles. The maximum Gasteiger partial charge on any atom is 0.294 e. The number of thioether (sulfide) groups is 1. The number of nitrogens with one attached hydrogen (secondary N) is 1. The van der Waals surface area contributed by atoms with E-state index >= 15 is 0 Å². The van der Waals surface area contributed by atoms with Crippen molar-refractivity contribution >= 4 is 57.9 Å². The highest BCUT2D eigenvalue weighted by molar-refractivity contribution is 8.18. The summed E-state index contributed by atoms with van der Waals surface area (Å²) in [4.78, 5) is 51.8. The molecular weight excluding hydrogens is 425 g/mol. The minimum Gasteiger partial charge on any atom is -0.358 e. The zero-order valence-corrected chi connectivity index (χ0v) is 17.3. The highest BCUT2D eigenvalue weighted by Crippen LogP contribution is 2.36. The molecule has 2 aliphatic rings. The monoisotopic (exact) mass is 441 g/mol. The first-order chi connectivity index (χ1) is 13.3. The Morgan fingerprint density at radius 2 is 1.86 bits per heavy atom. The van der Waals surface area contributed by atoms with E-state index in [0.717, 1.165) is 22.2 Å². The van der Waals surface area contributed by atoms with Crippen LogP contribution >= 0.6 is 35.0 Å². The molecule has 0 saturated carbocycles. The standard InChI is InChI=1S/C18H17Cl2N3O4S/c1-21-14(24)9-23-17(26)15(28-18(23)27)10-4-6-22(7-5-10)16(25)12-8-11(19)2-3-13(12)20/h2-3,8H,4-7,9H2,1H3,(H,21,24). The molecule has 0 spiro atoms. The van der Waals surface area contributed by atoms with Crippen molar-refractivity contribution in [2.45, 2.75) is 12.8 Å². The number of nitrogens with zero attached hydrogens (tertiary/aromatic N) is 2. The minimum atomic E-state index is -0.458. The number of likely N-dealkylation sites (tertiary alicyclic amines) is 1. The Morgan fingerprint density at radius 3 is 2.50 bits per heavy atom. The molecule has 0 unspecified atom stereocenters. The first kappa shape index (κ1) is 20.7. The SMILES string of the molecule is CNC(=O)CN1C(=O)SC(=C2CCN(C(=O)c3cc(Cl)ccc3Cl)CC2)C1=O. The van der Waals surface area contributed by atoms with Crippen molar-refractivity contribution in [2.24, 2.45) is 0 Å². The molecular formula is C18H17Cl2N3O4S. The fourth-order valence-electron chi connectivity index (χ4n) is 3.01. The molecule has 0 bridgehead atoms. The lowest BCUT2D eigenvalue weighted by atomic mass is 10.0. The number of halogens is 2. The van der Waals surface area contributed by atoms with Crippen LogP contribution < -0.4 is 5.32 Å². The molecule has 148 valence electrons. The van der Waals surface area contributed by atoms with Crippen LogP contribution in [0.3, 0.4) is 0 Å². The van der Waals surface area contributed by atoms with E-state index in [2.05, 4.69) is 5.32 Å². The molecule has 4 amide bonds. The second kappa shape index (κ2) is 8.55. The van der Waals surface area contributed by atoms with Crippen molar-refractivity contribution in [1.29, 1.82) is 0 Å². The third kappa shape index (κ3) is 4.19. The number of imide groups is 1. The van der Waals surface area contributed by atoms with Gasteiger partial charge in [-0.2, -0.15) is 0 Å². The van der Waals surface area contributed by atoms with Gasteiger partial charge in [-0.3, -0.25) is 24.1 Å². The Hall–Kier alpha value is -2.03. The highest BCUT2D eigenvalue weighted by atomic mass is 35.5. The zero-order chi connectivity index (χ0) is 20.4. The number of likely N-dealkylation sites (N-methyl/N-ethyl adjacent to an activating group) is 1. The van der Waals surface area contributed by atoms with E-state index in [-0.39, 0.29) is 12.5 Å². The Morgan fingerprint density at radius 1 is 1.18 bits per heavy atom. The molecule has 0 aliphatic carbocycles. The van der Waals surface area contributed by atoms with Crippen LogP contribution in [-0.2, 0) is 9.59 Å². The summed E-state index contributed by atoms with van der Waals surface area (Å²) in [5.74, 6) is -1.09. The highest BCUT2D eigenvalue weighted by Gasteiger charge is 2.38. The number of carbonyl (C=O) groups excluding carboxylic acids is 4. The summed E-state index contributed by atoms with van der Waals surface area (Å²) in [5, 5.41) is 2.69. The average Bonchev–Trinajstić information content (AvgIpc) is 2.97. The van der Waals surface area contributed by atoms with Gasteiger partial charge in [-0.1, -0.05) is 23.2 Å². The molecule has 0 atom stereocenters. The first-order valence-electron chi connectivity index (χ1n) is 8.52. The average molecular weight is 442 g/mol. The van der Waals surface area contributed by atoms with Gasteiger partial charge in [-0.05, 0) is 48.4 Å². The molecule has 1 aromatic rings. The van der Waals surface area contributed by atoms with Crippen LogP contribution in [0.5, 0.6) is 0 Å². The van der Waals surface area contributed by atoms with E-state index in [1.54, 1.807) is 17.0 Å². The van der Waals surface area contributed by atoms with Crippen molar-refractivity contribution < 1.29 is 19.2 Å². The first-order valence-corrected chi connectivity index (χ1v) is 10.1. The van der Waals surface area contributed by atoms with Gasteiger partial charge in [-0.15, -0.1) is 0 Å². The van der Waals surface area contributed by atoms with Crippen LogP contribution in [0.2, 0.25) is 10.0 Å². The van der Waals surface area contributed by atoms with Crippen LogP contribution in [0.15, 0.2) is 28.7 Å². The van der Waals surface area contributed by atoms with Gasteiger partial charge >= 0.3 is 0 Å². The van der Waals surface area contributed by atoms with E-state index in [9.17, 15) is 19.2 Å². The van der Waals surface area contributed by atoms with E-state index in [1.165, 1.54) is 13.1 Å². The number of piperidine rings is 1. The summed E-state index contributed by atoms with van der Waals surface area (Å²) in [7, 11) is 1.44. The predicted octanol–water partition coefficient (Wildman–Crippen LogP) is 2.92. The van der Waals surface area contributed by atoms with Gasteiger partial charge in [0.1, 0.15) is 6.54 Å². The maximum atomic E-state index is 12.7. The van der Waals surface area contributed by atoms with Crippen molar-refractivity contribution in [2.75, 3.05) is 26.7 Å². The number of benzene rings is 1. The third-order valence-electron chi connectivity index (χ3n) is 4.56. The Kier molecular flexibility index (Phi) is 6.32. The molecule has 1 aromatic carbocycles. The smallest absolute Gasteiger partial charge is 0.294 e. The number of carbonyl (C=O) groups is 4. The number of hydrogen-bond donors (Lipinski definition) is 1. The summed E-state index contributed by atoms with van der Waals surface area (Å²) in [6, 6.07) is 4.73. The lowest BCUT2D eigenvalue weighted by Gasteiger charge is -2.29. The molecule has 3 rings (SSSR count). The normalized spacial score (nSPS) is 17.4. The van der Waals surface area contributed by atoms with E-state index in [4.69, 9.17) is 23.2 Å². The molecule has 10 heteroatoms. The Balaban J connectivity index is 1.70. The maximum absolute atomic E-state index is 12.7. The summed E-state index contributed by atoms with van der Waals surface area (Å²) in [6.07, 6.45) is 0.943. The van der Waals surface area contributed by atoms with Gasteiger partial charge in [0.05, 0.1) is 15.5 Å². The second-order valence-electron chi connectivity index (χ2n) is 6.28. The summed E-state index contributed by atoms with van der Waals surface area (Å²) in [5.41, 5.74) is 1.16. The summed E-state index contributed by atoms with van der Waals surface area (Å²) in [6.45, 7) is 0.506. The lowest BCUT2D eigenvalue weighted by molar-refractivity contribution is -0.129. The van der Waals surface area contributed by atoms with Crippen LogP contribution in [0.4, 0.5) is 4.79 Å². The van der Waals surface area contributed by atoms with Gasteiger partial charge in [0.15, 0.2) is 0 Å². The van der Waals surface area contributed by atoms with Crippen molar-refractivity contribution in [1.82, 2.24) is 15.1 Å². The summed E-state index contributed by atoms with van der Waals surface area (Å²) < 4.78 is 0. The predicted molar refractivity (Wildman–Crippen MR) is 107 cm³/mol. The topological polar surface area (TPSA) is 86.8 Å². The van der Waals surface area contributed by atoms with Crippen molar-refractivity contribution in [3.05, 3.63) is 44.3 Å². The number of hydrogen-bond acceptors (Lipinski definition) is 5. The fourth-order valence-corrected chi connectivity index (χ4v) is 4.36. The molecule has 2 saturated heterocycles. The van der Waals surface area contributed by atoms with E-state index in [1.807, 2.05) is 0 Å². The quantitative estimate of drug-likeness (QED) is 0.728. The van der Waals surface area contributed by atoms with Crippen LogP contribution in [0.1, 0.15) is 23.2 Å². The zero-order valence-electron chi connectivity index (χ0n) is 15.0. The van der Waals surface area contributed by atoms with Crippen LogP contribution in [0.25, 0.3) is 0 Å². The van der Waals surface area contributed by atoms with E-state index < -0.39 is 17.1 Å². The Bertz CT molecular complexity index is 893.